The van der Waals surface area contributed by atoms with E-state index < -0.39 is 5.82 Å². The molecular formula is C22H27FN2O2. The predicted octanol–water partition coefficient (Wildman–Crippen LogP) is 3.51. The molecule has 1 amide bonds. The first-order valence-electron chi connectivity index (χ1n) is 9.92. The van der Waals surface area contributed by atoms with Crippen LogP contribution in [0.25, 0.3) is 0 Å². The fourth-order valence-electron chi connectivity index (χ4n) is 3.66. The van der Waals surface area contributed by atoms with Crippen LogP contribution in [0.5, 0.6) is 0 Å². The molecule has 0 aliphatic carbocycles. The van der Waals surface area contributed by atoms with E-state index >= 15 is 0 Å². The predicted molar refractivity (Wildman–Crippen MR) is 105 cm³/mol. The molecule has 0 bridgehead atoms. The molecule has 0 unspecified atom stereocenters. The second-order valence-electron chi connectivity index (χ2n) is 6.88. The molecule has 0 aromatic heterocycles. The number of para-hydroxylation sites is 1. The van der Waals surface area contributed by atoms with E-state index in [0.717, 1.165) is 45.0 Å². The largest absolute Gasteiger partial charge is 0.375 e. The van der Waals surface area contributed by atoms with E-state index in [4.69, 9.17) is 6.11 Å². The lowest BCUT2D eigenvalue weighted by atomic mass is 10.0. The van der Waals surface area contributed by atoms with Crippen LogP contribution in [0.15, 0.2) is 54.6 Å². The standard InChI is InChI=1S/C22H27FN2O2/c1-27-17-22(26)25(21-10-6-5-9-20(21)23)19-12-15-24(16-13-19)14-11-18-7-3-2-4-8-18/h2-10,19H,11-17H2,1H3/i5T. The molecule has 27 heavy (non-hydrogen) atoms. The second kappa shape index (κ2) is 9.62. The van der Waals surface area contributed by atoms with E-state index in [2.05, 4.69) is 29.2 Å². The molecular weight excluding hydrogens is 343 g/mol. The first-order valence-corrected chi connectivity index (χ1v) is 9.42. The van der Waals surface area contributed by atoms with Gasteiger partial charge in [0.25, 0.3) is 5.91 Å². The molecule has 1 aliphatic rings. The Morgan fingerprint density at radius 1 is 1.22 bits per heavy atom. The minimum absolute atomic E-state index is 0.0679. The van der Waals surface area contributed by atoms with Crippen molar-refractivity contribution in [1.29, 1.82) is 0 Å². The summed E-state index contributed by atoms with van der Waals surface area (Å²) in [6, 6.07) is 14.6. The number of likely N-dealkylation sites (tertiary alicyclic amines) is 1. The van der Waals surface area contributed by atoms with Crippen molar-refractivity contribution in [2.24, 2.45) is 0 Å². The van der Waals surface area contributed by atoms with Gasteiger partial charge in [0.1, 0.15) is 12.4 Å². The van der Waals surface area contributed by atoms with Crippen LogP contribution >= 0.6 is 0 Å². The highest BCUT2D eigenvalue weighted by Crippen LogP contribution is 2.26. The van der Waals surface area contributed by atoms with E-state index in [9.17, 15) is 9.18 Å². The maximum absolute atomic E-state index is 14.5. The number of amides is 1. The van der Waals surface area contributed by atoms with Crippen molar-refractivity contribution in [2.75, 3.05) is 38.3 Å². The van der Waals surface area contributed by atoms with Gasteiger partial charge in [0.2, 0.25) is 0 Å². The van der Waals surface area contributed by atoms with Crippen molar-refractivity contribution in [3.8, 4) is 0 Å². The molecule has 5 heteroatoms. The number of piperidine rings is 1. The van der Waals surface area contributed by atoms with Crippen LogP contribution in [0.2, 0.25) is 0 Å². The number of carbonyl (C=O) groups excluding carboxylic acids is 1. The average Bonchev–Trinajstić information content (AvgIpc) is 2.70. The molecule has 4 nitrogen and oxygen atoms in total. The molecule has 1 fully saturated rings. The quantitative estimate of drug-likeness (QED) is 0.746. The number of carbonyl (C=O) groups is 1. The second-order valence-corrected chi connectivity index (χ2v) is 6.88. The molecule has 2 aromatic rings. The highest BCUT2D eigenvalue weighted by atomic mass is 19.1. The lowest BCUT2D eigenvalue weighted by Crippen LogP contribution is -2.49. The van der Waals surface area contributed by atoms with Gasteiger partial charge in [-0.05, 0) is 37.0 Å². The number of rotatable bonds is 7. The number of ether oxygens (including phenoxy) is 1. The van der Waals surface area contributed by atoms with Crippen molar-refractivity contribution in [3.05, 3.63) is 66.0 Å². The van der Waals surface area contributed by atoms with Gasteiger partial charge >= 0.3 is 0 Å². The Kier molecular flexibility index (Phi) is 6.47. The molecule has 144 valence electrons. The van der Waals surface area contributed by atoms with Crippen LogP contribution in [0.1, 0.15) is 19.8 Å². The van der Waals surface area contributed by atoms with Gasteiger partial charge in [-0.25, -0.2) is 4.39 Å². The van der Waals surface area contributed by atoms with Crippen molar-refractivity contribution in [2.45, 2.75) is 25.3 Å². The Labute approximate surface area is 161 Å². The summed E-state index contributed by atoms with van der Waals surface area (Å²) in [6.07, 6.45) is 2.57. The molecule has 1 saturated heterocycles. The van der Waals surface area contributed by atoms with E-state index in [-0.39, 0.29) is 30.3 Å². The summed E-state index contributed by atoms with van der Waals surface area (Å²) in [5.74, 6) is -0.787. The molecule has 1 aliphatic heterocycles. The van der Waals surface area contributed by atoms with Gasteiger partial charge in [-0.2, -0.15) is 0 Å². The van der Waals surface area contributed by atoms with Crippen LogP contribution in [0, 0.1) is 5.82 Å². The average molecular weight is 372 g/mol. The molecule has 0 spiro atoms. The minimum Gasteiger partial charge on any atom is -0.375 e. The fraction of sp³-hybridized carbons (Fsp3) is 0.409. The third-order valence-corrected chi connectivity index (χ3v) is 5.07. The number of halogens is 1. The highest BCUT2D eigenvalue weighted by Gasteiger charge is 2.30. The zero-order valence-corrected chi connectivity index (χ0v) is 15.7. The van der Waals surface area contributed by atoms with Crippen molar-refractivity contribution >= 4 is 11.6 Å². The molecule has 2 aromatic carbocycles. The van der Waals surface area contributed by atoms with E-state index in [0.29, 0.717) is 0 Å². The summed E-state index contributed by atoms with van der Waals surface area (Å²) < 4.78 is 27.1. The summed E-state index contributed by atoms with van der Waals surface area (Å²) in [4.78, 5) is 16.6. The number of nitrogens with zero attached hydrogens (tertiary/aromatic N) is 2. The molecule has 1 heterocycles. The van der Waals surface area contributed by atoms with E-state index in [1.165, 1.54) is 29.7 Å². The smallest absolute Gasteiger partial charge is 0.253 e. The summed E-state index contributed by atoms with van der Waals surface area (Å²) in [7, 11) is 1.46. The highest BCUT2D eigenvalue weighted by molar-refractivity contribution is 5.95. The van der Waals surface area contributed by atoms with Gasteiger partial charge in [-0.3, -0.25) is 4.79 Å². The monoisotopic (exact) mass is 372 g/mol. The van der Waals surface area contributed by atoms with Crippen molar-refractivity contribution in [3.63, 3.8) is 0 Å². The van der Waals surface area contributed by atoms with Crippen molar-refractivity contribution in [1.82, 2.24) is 4.90 Å². The van der Waals surface area contributed by atoms with Gasteiger partial charge in [-0.15, -0.1) is 0 Å². The summed E-state index contributed by atoms with van der Waals surface area (Å²) in [6.45, 7) is 2.62. The number of benzene rings is 2. The number of hydrogen-bond acceptors (Lipinski definition) is 3. The molecule has 0 saturated carbocycles. The minimum atomic E-state index is -0.538. The van der Waals surface area contributed by atoms with Gasteiger partial charge in [-0.1, -0.05) is 42.4 Å². The van der Waals surface area contributed by atoms with E-state index in [1.54, 1.807) is 0 Å². The van der Waals surface area contributed by atoms with Crippen LogP contribution < -0.4 is 4.90 Å². The maximum atomic E-state index is 14.5. The van der Waals surface area contributed by atoms with Crippen LogP contribution in [-0.4, -0.2) is 50.2 Å². The molecule has 0 radical (unpaired) electrons. The van der Waals surface area contributed by atoms with Crippen LogP contribution in [0.3, 0.4) is 0 Å². The van der Waals surface area contributed by atoms with Gasteiger partial charge in [0.15, 0.2) is 0 Å². The van der Waals surface area contributed by atoms with Gasteiger partial charge in [0.05, 0.1) is 7.06 Å². The summed E-state index contributed by atoms with van der Waals surface area (Å²) >= 11 is 0. The molecule has 3 rings (SSSR count). The van der Waals surface area contributed by atoms with Gasteiger partial charge in [0, 0.05) is 32.8 Å². The Hall–Kier alpha value is -2.24. The third-order valence-electron chi connectivity index (χ3n) is 5.07. The maximum Gasteiger partial charge on any atom is 0.253 e. The van der Waals surface area contributed by atoms with Crippen LogP contribution in [0.4, 0.5) is 10.1 Å². The lowest BCUT2D eigenvalue weighted by Gasteiger charge is -2.38. The fourth-order valence-corrected chi connectivity index (χ4v) is 3.66. The Morgan fingerprint density at radius 3 is 2.63 bits per heavy atom. The summed E-state index contributed by atoms with van der Waals surface area (Å²) in [5, 5.41) is 0. The number of anilines is 1. The zero-order valence-electron chi connectivity index (χ0n) is 16.7. The molecule has 0 atom stereocenters. The third kappa shape index (κ3) is 5.15. The SMILES string of the molecule is [3H]c1ccc(N(C(=O)COC)C2CCN(CCc3ccccc3)CC2)c(F)c1. The zero-order chi connectivity index (χ0) is 19.9. The Morgan fingerprint density at radius 2 is 1.96 bits per heavy atom. The normalized spacial score (nSPS) is 16.1. The Bertz CT molecular complexity index is 779. The Balaban J connectivity index is 1.65. The first-order chi connectivity index (χ1) is 13.6. The van der Waals surface area contributed by atoms with Crippen molar-refractivity contribution < 1.29 is 15.3 Å². The topological polar surface area (TPSA) is 32.8 Å². The number of methoxy groups -OCH3 is 1. The molecule has 0 N–H and O–H groups in total. The van der Waals surface area contributed by atoms with Gasteiger partial charge < -0.3 is 14.5 Å². The lowest BCUT2D eigenvalue weighted by molar-refractivity contribution is -0.122. The first kappa shape index (κ1) is 18.1. The summed E-state index contributed by atoms with van der Waals surface area (Å²) in [5.41, 5.74) is 1.56. The number of hydrogen-bond donors (Lipinski definition) is 0. The van der Waals surface area contributed by atoms with Crippen LogP contribution in [-0.2, 0) is 16.0 Å². The van der Waals surface area contributed by atoms with E-state index in [1.807, 2.05) is 6.07 Å².